The van der Waals surface area contributed by atoms with Crippen LogP contribution >= 0.6 is 11.6 Å². The molecule has 0 radical (unpaired) electrons. The SMILES string of the molecule is COc1ccc(S(=O)(=O)NCc2nc3cccnc3n2Cc2ccccc2Cl)cc1. The number of pyridine rings is 1. The number of hydrogen-bond acceptors (Lipinski definition) is 5. The van der Waals surface area contributed by atoms with E-state index in [0.717, 1.165) is 5.56 Å². The summed E-state index contributed by atoms with van der Waals surface area (Å²) < 4.78 is 35.0. The van der Waals surface area contributed by atoms with Gasteiger partial charge in [0.05, 0.1) is 25.1 Å². The summed E-state index contributed by atoms with van der Waals surface area (Å²) in [5, 5.41) is 0.625. The van der Waals surface area contributed by atoms with Crippen LogP contribution in [0.2, 0.25) is 5.02 Å². The average molecular weight is 443 g/mol. The van der Waals surface area contributed by atoms with Crippen LogP contribution < -0.4 is 9.46 Å². The first-order valence-corrected chi connectivity index (χ1v) is 11.0. The van der Waals surface area contributed by atoms with Crippen LogP contribution in [0.1, 0.15) is 11.4 Å². The van der Waals surface area contributed by atoms with Crippen molar-refractivity contribution >= 4 is 32.8 Å². The quantitative estimate of drug-likeness (QED) is 0.472. The molecule has 4 aromatic rings. The van der Waals surface area contributed by atoms with Gasteiger partial charge in [-0.25, -0.2) is 23.1 Å². The fourth-order valence-corrected chi connectivity index (χ4v) is 4.28. The second-order valence-corrected chi connectivity index (χ2v) is 8.73. The van der Waals surface area contributed by atoms with Crippen LogP contribution in [0.4, 0.5) is 0 Å². The molecule has 0 saturated heterocycles. The van der Waals surface area contributed by atoms with E-state index in [4.69, 9.17) is 16.3 Å². The molecule has 0 aliphatic rings. The first-order valence-electron chi connectivity index (χ1n) is 9.15. The number of methoxy groups -OCH3 is 1. The minimum absolute atomic E-state index is 0.00910. The molecule has 0 aliphatic carbocycles. The molecule has 0 unspecified atom stereocenters. The summed E-state index contributed by atoms with van der Waals surface area (Å²) in [6, 6.07) is 17.3. The van der Waals surface area contributed by atoms with Crippen molar-refractivity contribution in [1.29, 1.82) is 0 Å². The van der Waals surface area contributed by atoms with E-state index in [9.17, 15) is 8.42 Å². The van der Waals surface area contributed by atoms with Gasteiger partial charge < -0.3 is 9.30 Å². The van der Waals surface area contributed by atoms with Crippen LogP contribution in [-0.4, -0.2) is 30.1 Å². The van der Waals surface area contributed by atoms with Gasteiger partial charge in [-0.15, -0.1) is 0 Å². The highest BCUT2D eigenvalue weighted by molar-refractivity contribution is 7.89. The van der Waals surface area contributed by atoms with Gasteiger partial charge in [-0.2, -0.15) is 0 Å². The molecule has 0 atom stereocenters. The smallest absolute Gasteiger partial charge is 0.240 e. The molecule has 2 aromatic heterocycles. The molecular formula is C21H19ClN4O3S. The summed E-state index contributed by atoms with van der Waals surface area (Å²) in [6.07, 6.45) is 1.68. The molecule has 154 valence electrons. The van der Waals surface area contributed by atoms with E-state index in [1.807, 2.05) is 34.9 Å². The number of halogens is 1. The molecule has 1 N–H and O–H groups in total. The molecule has 4 rings (SSSR count). The summed E-state index contributed by atoms with van der Waals surface area (Å²) in [5.41, 5.74) is 2.24. The topological polar surface area (TPSA) is 86.1 Å². The number of ether oxygens (including phenoxy) is 1. The largest absolute Gasteiger partial charge is 0.497 e. The van der Waals surface area contributed by atoms with Crippen molar-refractivity contribution in [2.75, 3.05) is 7.11 Å². The molecule has 2 heterocycles. The highest BCUT2D eigenvalue weighted by Gasteiger charge is 2.18. The third kappa shape index (κ3) is 4.16. The Hall–Kier alpha value is -2.94. The number of rotatable bonds is 7. The van der Waals surface area contributed by atoms with Gasteiger partial charge in [0.1, 0.15) is 17.1 Å². The van der Waals surface area contributed by atoms with Gasteiger partial charge in [0.15, 0.2) is 5.65 Å². The van der Waals surface area contributed by atoms with Gasteiger partial charge in [-0.1, -0.05) is 29.8 Å². The van der Waals surface area contributed by atoms with Crippen molar-refractivity contribution < 1.29 is 13.2 Å². The zero-order valence-corrected chi connectivity index (χ0v) is 17.7. The number of hydrogen-bond donors (Lipinski definition) is 1. The zero-order chi connectivity index (χ0) is 21.1. The fraction of sp³-hybridized carbons (Fsp3) is 0.143. The maximum atomic E-state index is 12.7. The Kier molecular flexibility index (Phi) is 5.72. The monoisotopic (exact) mass is 442 g/mol. The first-order chi connectivity index (χ1) is 14.5. The summed E-state index contributed by atoms with van der Waals surface area (Å²) in [6.45, 7) is 0.432. The Morgan fingerprint density at radius 3 is 2.57 bits per heavy atom. The van der Waals surface area contributed by atoms with Crippen molar-refractivity contribution in [2.24, 2.45) is 0 Å². The summed E-state index contributed by atoms with van der Waals surface area (Å²) in [4.78, 5) is 9.14. The van der Waals surface area contributed by atoms with Gasteiger partial charge in [0.2, 0.25) is 10.0 Å². The second-order valence-electron chi connectivity index (χ2n) is 6.55. The predicted molar refractivity (Wildman–Crippen MR) is 115 cm³/mol. The molecule has 0 fully saturated rings. The number of nitrogens with zero attached hydrogens (tertiary/aromatic N) is 3. The van der Waals surface area contributed by atoms with Crippen molar-refractivity contribution in [3.05, 3.63) is 83.3 Å². The second kappa shape index (κ2) is 8.43. The van der Waals surface area contributed by atoms with Gasteiger partial charge in [-0.3, -0.25) is 0 Å². The van der Waals surface area contributed by atoms with Crippen LogP contribution in [0, 0.1) is 0 Å². The number of benzene rings is 2. The Balaban J connectivity index is 1.64. The maximum absolute atomic E-state index is 12.7. The summed E-state index contributed by atoms with van der Waals surface area (Å²) in [7, 11) is -2.20. The fourth-order valence-electron chi connectivity index (χ4n) is 3.10. The van der Waals surface area contributed by atoms with Crippen LogP contribution in [0.15, 0.2) is 71.8 Å². The number of nitrogens with one attached hydrogen (secondary N) is 1. The molecular weight excluding hydrogens is 424 g/mol. The molecule has 0 saturated carbocycles. The van der Waals surface area contributed by atoms with Gasteiger partial charge in [0, 0.05) is 11.2 Å². The molecule has 0 amide bonds. The molecule has 7 nitrogen and oxygen atoms in total. The van der Waals surface area contributed by atoms with Crippen molar-refractivity contribution in [3.63, 3.8) is 0 Å². The number of fused-ring (bicyclic) bond motifs is 1. The van der Waals surface area contributed by atoms with Gasteiger partial charge in [-0.05, 0) is 48.0 Å². The van der Waals surface area contributed by atoms with Crippen molar-refractivity contribution in [1.82, 2.24) is 19.3 Å². The Bertz CT molecular complexity index is 1290. The van der Waals surface area contributed by atoms with E-state index in [-0.39, 0.29) is 11.4 Å². The Morgan fingerprint density at radius 2 is 1.83 bits per heavy atom. The molecule has 9 heteroatoms. The van der Waals surface area contributed by atoms with E-state index in [2.05, 4.69) is 14.7 Å². The maximum Gasteiger partial charge on any atom is 0.240 e. The van der Waals surface area contributed by atoms with E-state index in [1.165, 1.54) is 19.2 Å². The molecule has 0 aliphatic heterocycles. The third-order valence-corrected chi connectivity index (χ3v) is 6.45. The van der Waals surface area contributed by atoms with E-state index in [0.29, 0.717) is 34.3 Å². The van der Waals surface area contributed by atoms with Crippen LogP contribution in [0.5, 0.6) is 5.75 Å². The highest BCUT2D eigenvalue weighted by Crippen LogP contribution is 2.21. The van der Waals surface area contributed by atoms with Crippen LogP contribution in [0.3, 0.4) is 0 Å². The number of aromatic nitrogens is 3. The number of imidazole rings is 1. The highest BCUT2D eigenvalue weighted by atomic mass is 35.5. The molecule has 0 spiro atoms. The van der Waals surface area contributed by atoms with E-state index < -0.39 is 10.0 Å². The van der Waals surface area contributed by atoms with Crippen molar-refractivity contribution in [2.45, 2.75) is 18.0 Å². The van der Waals surface area contributed by atoms with Crippen molar-refractivity contribution in [3.8, 4) is 5.75 Å². The lowest BCUT2D eigenvalue weighted by atomic mass is 10.2. The Morgan fingerprint density at radius 1 is 1.07 bits per heavy atom. The minimum Gasteiger partial charge on any atom is -0.497 e. The van der Waals surface area contributed by atoms with Gasteiger partial charge >= 0.3 is 0 Å². The lowest BCUT2D eigenvalue weighted by Gasteiger charge is -2.11. The standard InChI is InChI=1S/C21H19ClN4O3S/c1-29-16-8-10-17(11-9-16)30(27,28)24-13-20-25-19-7-4-12-23-21(19)26(20)14-15-5-2-3-6-18(15)22/h2-12,24H,13-14H2,1H3. The average Bonchev–Trinajstić information content (AvgIpc) is 3.11. The molecule has 0 bridgehead atoms. The van der Waals surface area contributed by atoms with Crippen LogP contribution in [-0.2, 0) is 23.1 Å². The lowest BCUT2D eigenvalue weighted by molar-refractivity contribution is 0.414. The lowest BCUT2D eigenvalue weighted by Crippen LogP contribution is -2.25. The minimum atomic E-state index is -3.72. The summed E-state index contributed by atoms with van der Waals surface area (Å²) >= 11 is 6.32. The molecule has 2 aromatic carbocycles. The predicted octanol–water partition coefficient (Wildman–Crippen LogP) is 3.62. The summed E-state index contributed by atoms with van der Waals surface area (Å²) in [5.74, 6) is 1.13. The van der Waals surface area contributed by atoms with E-state index in [1.54, 1.807) is 24.4 Å². The van der Waals surface area contributed by atoms with Gasteiger partial charge in [0.25, 0.3) is 0 Å². The van der Waals surface area contributed by atoms with E-state index >= 15 is 0 Å². The zero-order valence-electron chi connectivity index (χ0n) is 16.1. The normalized spacial score (nSPS) is 11.7. The molecule has 30 heavy (non-hydrogen) atoms. The first kappa shape index (κ1) is 20.3. The third-order valence-electron chi connectivity index (χ3n) is 4.66. The number of sulfonamides is 1. The van der Waals surface area contributed by atoms with Crippen LogP contribution in [0.25, 0.3) is 11.2 Å². The Labute approximate surface area is 179 Å².